The van der Waals surface area contributed by atoms with Gasteiger partial charge in [-0.1, -0.05) is 23.4 Å². The number of carbonyl (C=O) groups excluding carboxylic acids is 1. The highest BCUT2D eigenvalue weighted by Crippen LogP contribution is 2.30. The number of methoxy groups -OCH3 is 1. The average Bonchev–Trinajstić information content (AvgIpc) is 3.35. The summed E-state index contributed by atoms with van der Waals surface area (Å²) in [6, 6.07) is 10.5. The fraction of sp³-hybridized carbons (Fsp3) is 0.474. The van der Waals surface area contributed by atoms with Crippen molar-refractivity contribution in [2.24, 2.45) is 0 Å². The van der Waals surface area contributed by atoms with Crippen molar-refractivity contribution in [2.45, 2.75) is 31.9 Å². The van der Waals surface area contributed by atoms with E-state index in [1.54, 1.807) is 13.2 Å². The molecule has 4 rings (SSSR count). The van der Waals surface area contributed by atoms with Gasteiger partial charge in [-0.25, -0.2) is 0 Å². The molecule has 0 bridgehead atoms. The lowest BCUT2D eigenvalue weighted by Crippen LogP contribution is -2.43. The van der Waals surface area contributed by atoms with Gasteiger partial charge in [-0.15, -0.1) is 0 Å². The zero-order chi connectivity index (χ0) is 17.2. The minimum Gasteiger partial charge on any atom is -0.377 e. The number of likely N-dealkylation sites (tertiary alicyclic amines) is 1. The SMILES string of the molecule is COCc1cc(C(=O)N2CCC[C@@H]2CN2CCc3ccccc32)no1. The van der Waals surface area contributed by atoms with Crippen molar-refractivity contribution in [3.63, 3.8) is 0 Å². The van der Waals surface area contributed by atoms with Gasteiger partial charge in [0.15, 0.2) is 11.5 Å². The predicted molar refractivity (Wildman–Crippen MR) is 93.6 cm³/mol. The van der Waals surface area contributed by atoms with Gasteiger partial charge in [0.05, 0.1) is 0 Å². The molecule has 0 aliphatic carbocycles. The van der Waals surface area contributed by atoms with Crippen molar-refractivity contribution in [3.05, 3.63) is 47.3 Å². The summed E-state index contributed by atoms with van der Waals surface area (Å²) in [4.78, 5) is 17.2. The molecule has 0 spiro atoms. The van der Waals surface area contributed by atoms with Crippen LogP contribution in [0.1, 0.15) is 34.7 Å². The van der Waals surface area contributed by atoms with E-state index in [2.05, 4.69) is 34.3 Å². The van der Waals surface area contributed by atoms with Crippen LogP contribution < -0.4 is 4.90 Å². The van der Waals surface area contributed by atoms with Crippen LogP contribution in [0.25, 0.3) is 0 Å². The Morgan fingerprint density at radius 1 is 1.36 bits per heavy atom. The second-order valence-corrected chi connectivity index (χ2v) is 6.73. The highest BCUT2D eigenvalue weighted by Gasteiger charge is 2.33. The molecule has 3 heterocycles. The number of aromatic nitrogens is 1. The maximum atomic E-state index is 12.8. The van der Waals surface area contributed by atoms with Crippen molar-refractivity contribution in [3.8, 4) is 0 Å². The Morgan fingerprint density at radius 2 is 2.24 bits per heavy atom. The van der Waals surface area contributed by atoms with Gasteiger partial charge >= 0.3 is 0 Å². The monoisotopic (exact) mass is 341 g/mol. The molecule has 1 atom stereocenters. The van der Waals surface area contributed by atoms with E-state index in [9.17, 15) is 4.79 Å². The first-order chi connectivity index (χ1) is 12.3. The Hall–Kier alpha value is -2.34. The maximum absolute atomic E-state index is 12.8. The van der Waals surface area contributed by atoms with E-state index in [0.717, 1.165) is 38.9 Å². The van der Waals surface area contributed by atoms with E-state index in [4.69, 9.17) is 9.26 Å². The largest absolute Gasteiger partial charge is 0.377 e. The number of anilines is 1. The van der Waals surface area contributed by atoms with Crippen LogP contribution in [0.4, 0.5) is 5.69 Å². The lowest BCUT2D eigenvalue weighted by molar-refractivity contribution is 0.0729. The third-order valence-electron chi connectivity index (χ3n) is 5.12. The topological polar surface area (TPSA) is 58.8 Å². The Kier molecular flexibility index (Phi) is 4.44. The molecule has 6 heteroatoms. The van der Waals surface area contributed by atoms with Crippen LogP contribution in [0.15, 0.2) is 34.9 Å². The van der Waals surface area contributed by atoms with E-state index < -0.39 is 0 Å². The summed E-state index contributed by atoms with van der Waals surface area (Å²) in [5.74, 6) is 0.538. The number of carbonyl (C=O) groups is 1. The summed E-state index contributed by atoms with van der Waals surface area (Å²) in [5.41, 5.74) is 3.09. The smallest absolute Gasteiger partial charge is 0.276 e. The fourth-order valence-corrected chi connectivity index (χ4v) is 3.91. The second kappa shape index (κ2) is 6.88. The summed E-state index contributed by atoms with van der Waals surface area (Å²) < 4.78 is 10.2. The number of ether oxygens (including phenoxy) is 1. The molecule has 0 unspecified atom stereocenters. The van der Waals surface area contributed by atoms with Crippen LogP contribution in [-0.2, 0) is 17.8 Å². The lowest BCUT2D eigenvalue weighted by Gasteiger charge is -2.29. The molecule has 1 amide bonds. The molecular weight excluding hydrogens is 318 g/mol. The number of benzene rings is 1. The minimum atomic E-state index is -0.0407. The molecule has 1 aromatic carbocycles. The molecule has 25 heavy (non-hydrogen) atoms. The van der Waals surface area contributed by atoms with Crippen LogP contribution >= 0.6 is 0 Å². The lowest BCUT2D eigenvalue weighted by atomic mass is 10.1. The summed E-state index contributed by atoms with van der Waals surface area (Å²) in [5, 5.41) is 3.92. The second-order valence-electron chi connectivity index (χ2n) is 6.73. The Morgan fingerprint density at radius 3 is 3.12 bits per heavy atom. The van der Waals surface area contributed by atoms with Crippen molar-refractivity contribution >= 4 is 11.6 Å². The van der Waals surface area contributed by atoms with Gasteiger partial charge in [0.1, 0.15) is 6.61 Å². The maximum Gasteiger partial charge on any atom is 0.276 e. The summed E-state index contributed by atoms with van der Waals surface area (Å²) in [6.07, 6.45) is 3.16. The standard InChI is InChI=1S/C19H23N3O3/c1-24-13-16-11-17(20-25-16)19(23)22-9-4-6-15(22)12-21-10-8-14-5-2-3-7-18(14)21/h2-3,5,7,11,15H,4,6,8-10,12-13H2,1H3/t15-/m1/s1. The zero-order valence-corrected chi connectivity index (χ0v) is 14.5. The summed E-state index contributed by atoms with van der Waals surface area (Å²) in [7, 11) is 1.59. The number of rotatable bonds is 5. The van der Waals surface area contributed by atoms with Crippen molar-refractivity contribution in [2.75, 3.05) is 31.6 Å². The first-order valence-corrected chi connectivity index (χ1v) is 8.84. The molecule has 2 aliphatic rings. The van der Waals surface area contributed by atoms with Crippen LogP contribution in [0.3, 0.4) is 0 Å². The molecule has 0 radical (unpaired) electrons. The van der Waals surface area contributed by atoms with Gasteiger partial charge in [-0.2, -0.15) is 0 Å². The molecule has 6 nitrogen and oxygen atoms in total. The number of amides is 1. The average molecular weight is 341 g/mol. The third kappa shape index (κ3) is 3.14. The van der Waals surface area contributed by atoms with Crippen molar-refractivity contribution < 1.29 is 14.1 Å². The Bertz CT molecular complexity index is 758. The molecule has 132 valence electrons. The van der Waals surface area contributed by atoms with Crippen LogP contribution in [0.2, 0.25) is 0 Å². The number of para-hydroxylation sites is 1. The van der Waals surface area contributed by atoms with Gasteiger partial charge in [-0.3, -0.25) is 4.79 Å². The van der Waals surface area contributed by atoms with Crippen molar-refractivity contribution in [1.29, 1.82) is 0 Å². The van der Waals surface area contributed by atoms with Crippen LogP contribution in [-0.4, -0.2) is 48.7 Å². The summed E-state index contributed by atoms with van der Waals surface area (Å²) in [6.45, 7) is 3.02. The normalized spacial score (nSPS) is 19.5. The van der Waals surface area contributed by atoms with Gasteiger partial charge < -0.3 is 19.1 Å². The molecule has 2 aliphatic heterocycles. The van der Waals surface area contributed by atoms with E-state index in [-0.39, 0.29) is 11.9 Å². The molecule has 1 aromatic heterocycles. The van der Waals surface area contributed by atoms with Gasteiger partial charge in [0.2, 0.25) is 0 Å². The zero-order valence-electron chi connectivity index (χ0n) is 14.5. The van der Waals surface area contributed by atoms with E-state index >= 15 is 0 Å². The quantitative estimate of drug-likeness (QED) is 0.836. The van der Waals surface area contributed by atoms with Crippen molar-refractivity contribution in [1.82, 2.24) is 10.1 Å². The third-order valence-corrected chi connectivity index (χ3v) is 5.12. The first-order valence-electron chi connectivity index (χ1n) is 8.84. The number of nitrogens with zero attached hydrogens (tertiary/aromatic N) is 3. The molecular formula is C19H23N3O3. The highest BCUT2D eigenvalue weighted by molar-refractivity contribution is 5.92. The Labute approximate surface area is 147 Å². The number of hydrogen-bond acceptors (Lipinski definition) is 5. The highest BCUT2D eigenvalue weighted by atomic mass is 16.5. The Balaban J connectivity index is 1.46. The molecule has 2 aromatic rings. The molecule has 1 saturated heterocycles. The predicted octanol–water partition coefficient (Wildman–Crippen LogP) is 2.49. The molecule has 1 fully saturated rings. The number of hydrogen-bond donors (Lipinski definition) is 0. The molecule has 0 saturated carbocycles. The van der Waals surface area contributed by atoms with Gasteiger partial charge in [-0.05, 0) is 30.9 Å². The van der Waals surface area contributed by atoms with E-state index in [0.29, 0.717) is 18.1 Å². The fourth-order valence-electron chi connectivity index (χ4n) is 3.91. The summed E-state index contributed by atoms with van der Waals surface area (Å²) >= 11 is 0. The first kappa shape index (κ1) is 16.1. The van der Waals surface area contributed by atoms with Crippen LogP contribution in [0.5, 0.6) is 0 Å². The van der Waals surface area contributed by atoms with E-state index in [1.807, 2.05) is 4.90 Å². The van der Waals surface area contributed by atoms with Gasteiger partial charge in [0.25, 0.3) is 5.91 Å². The van der Waals surface area contributed by atoms with E-state index in [1.165, 1.54) is 11.3 Å². The molecule has 0 N–H and O–H groups in total. The van der Waals surface area contributed by atoms with Crippen LogP contribution in [0, 0.1) is 0 Å². The van der Waals surface area contributed by atoms with Gasteiger partial charge in [0, 0.05) is 44.5 Å². The number of fused-ring (bicyclic) bond motifs is 1. The minimum absolute atomic E-state index is 0.0407.